The van der Waals surface area contributed by atoms with Gasteiger partial charge in [0.1, 0.15) is 11.6 Å². The van der Waals surface area contributed by atoms with Crippen molar-refractivity contribution in [1.82, 2.24) is 30.0 Å². The Balaban J connectivity index is 0.625. The number of benzene rings is 4. The number of piperazine rings is 1. The second-order valence-corrected chi connectivity index (χ2v) is 22.1. The number of carboxylic acid groups (broad SMARTS) is 1. The molecule has 3 unspecified atom stereocenters. The summed E-state index contributed by atoms with van der Waals surface area (Å²) in [4.78, 5) is 67.5. The van der Waals surface area contributed by atoms with E-state index in [1.54, 1.807) is 0 Å². The lowest BCUT2D eigenvalue weighted by atomic mass is 9.93. The zero-order valence-corrected chi connectivity index (χ0v) is 42.7. The summed E-state index contributed by atoms with van der Waals surface area (Å²) < 4.78 is 9.65. The van der Waals surface area contributed by atoms with Crippen LogP contribution in [0.2, 0.25) is 0 Å². The summed E-state index contributed by atoms with van der Waals surface area (Å²) in [6.45, 7) is 8.20. The second-order valence-electron chi connectivity index (χ2n) is 21.1. The minimum Gasteiger partial charge on any atom is -0.490 e. The summed E-state index contributed by atoms with van der Waals surface area (Å²) in [7, 11) is 1.92. The maximum Gasteiger partial charge on any atom is 0.355 e. The van der Waals surface area contributed by atoms with E-state index in [0.29, 0.717) is 66.3 Å². The first kappa shape index (κ1) is 47.8. The van der Waals surface area contributed by atoms with Crippen molar-refractivity contribution in [2.24, 2.45) is 24.8 Å². The number of imide groups is 1. The lowest BCUT2D eigenvalue weighted by molar-refractivity contribution is -0.134. The van der Waals surface area contributed by atoms with Crippen molar-refractivity contribution in [3.63, 3.8) is 0 Å². The van der Waals surface area contributed by atoms with Crippen molar-refractivity contribution in [1.29, 1.82) is 0 Å². The molecule has 0 bridgehead atoms. The summed E-state index contributed by atoms with van der Waals surface area (Å²) in [5.41, 5.74) is 8.58. The van der Waals surface area contributed by atoms with Gasteiger partial charge in [0.25, 0.3) is 5.91 Å². The zero-order chi connectivity index (χ0) is 50.6. The summed E-state index contributed by atoms with van der Waals surface area (Å²) in [5, 5.41) is 22.3. The van der Waals surface area contributed by atoms with Gasteiger partial charge in [0.05, 0.1) is 33.4 Å². The van der Waals surface area contributed by atoms with Crippen LogP contribution in [0.1, 0.15) is 101 Å². The van der Waals surface area contributed by atoms with E-state index in [1.165, 1.54) is 42.7 Å². The molecule has 0 radical (unpaired) electrons. The van der Waals surface area contributed by atoms with Crippen LogP contribution in [0.25, 0.3) is 32.2 Å². The van der Waals surface area contributed by atoms with Crippen molar-refractivity contribution in [2.45, 2.75) is 83.3 Å². The number of piperidine rings is 1. The molecule has 380 valence electrons. The number of amides is 3. The van der Waals surface area contributed by atoms with E-state index in [9.17, 15) is 24.3 Å². The molecule has 15 nitrogen and oxygen atoms in total. The monoisotopic (exact) mass is 1010 g/mol. The molecule has 6 heterocycles. The van der Waals surface area contributed by atoms with Crippen molar-refractivity contribution < 1.29 is 29.0 Å². The maximum absolute atomic E-state index is 13.7. The van der Waals surface area contributed by atoms with Crippen LogP contribution in [0.3, 0.4) is 0 Å². The largest absolute Gasteiger partial charge is 0.490 e. The number of aryl methyl sites for hydroxylation is 1. The van der Waals surface area contributed by atoms with E-state index in [1.807, 2.05) is 85.4 Å². The Labute approximate surface area is 433 Å². The number of para-hydroxylation sites is 1. The fourth-order valence-corrected chi connectivity index (χ4v) is 13.7. The first-order chi connectivity index (χ1) is 36.0. The Morgan fingerprint density at radius 1 is 0.851 bits per heavy atom. The van der Waals surface area contributed by atoms with Gasteiger partial charge in [0.2, 0.25) is 11.8 Å². The normalized spacial score (nSPS) is 22.0. The van der Waals surface area contributed by atoms with Crippen molar-refractivity contribution >= 4 is 72.8 Å². The molecule has 3 amide bonds. The topological polar surface area (TPSA) is 175 Å². The number of aromatic carboxylic acids is 1. The van der Waals surface area contributed by atoms with Crippen molar-refractivity contribution in [3.8, 4) is 16.9 Å². The highest BCUT2D eigenvalue weighted by Gasteiger charge is 2.42. The van der Waals surface area contributed by atoms with Gasteiger partial charge in [0, 0.05) is 74.9 Å². The fourth-order valence-electron chi connectivity index (χ4n) is 12.8. The van der Waals surface area contributed by atoms with Gasteiger partial charge >= 0.3 is 5.97 Å². The van der Waals surface area contributed by atoms with Crippen LogP contribution in [0.15, 0.2) is 91.0 Å². The Kier molecular flexibility index (Phi) is 12.9. The number of thiazole rings is 1. The molecule has 2 saturated heterocycles. The number of anilines is 3. The van der Waals surface area contributed by atoms with Crippen LogP contribution in [0, 0.1) is 24.7 Å². The van der Waals surface area contributed by atoms with Crippen LogP contribution in [0.5, 0.6) is 5.75 Å². The molecule has 2 aliphatic carbocycles. The number of nitrogens with zero attached hydrogens (tertiary/aromatic N) is 7. The quantitative estimate of drug-likeness (QED) is 0.0936. The number of ether oxygens (including phenoxy) is 1. The highest BCUT2D eigenvalue weighted by Crippen LogP contribution is 2.49. The van der Waals surface area contributed by atoms with E-state index in [4.69, 9.17) is 14.8 Å². The smallest absolute Gasteiger partial charge is 0.355 e. The van der Waals surface area contributed by atoms with Gasteiger partial charge in [-0.25, -0.2) is 14.8 Å². The Morgan fingerprint density at radius 3 is 2.46 bits per heavy atom. The number of nitrogens with one attached hydrogen (secondary N) is 2. The minimum atomic E-state index is -1.09. The molecule has 74 heavy (non-hydrogen) atoms. The number of carbonyl (C=O) groups is 4. The van der Waals surface area contributed by atoms with Gasteiger partial charge in [-0.1, -0.05) is 47.7 Å². The van der Waals surface area contributed by atoms with E-state index >= 15 is 0 Å². The average molecular weight is 1010 g/mol. The number of fused-ring (bicyclic) bond motifs is 4. The third kappa shape index (κ3) is 9.38. The van der Waals surface area contributed by atoms with Gasteiger partial charge in [0.15, 0.2) is 10.8 Å². The molecular formula is C58H61N9O6S. The van der Waals surface area contributed by atoms with E-state index in [0.717, 1.165) is 106 Å². The highest BCUT2D eigenvalue weighted by molar-refractivity contribution is 7.22. The molecule has 3 aliphatic heterocycles. The number of carbonyl (C=O) groups excluding carboxylic acids is 3. The summed E-state index contributed by atoms with van der Waals surface area (Å²) >= 11 is 1.44. The van der Waals surface area contributed by atoms with Crippen LogP contribution < -0.4 is 25.2 Å². The van der Waals surface area contributed by atoms with Crippen LogP contribution >= 0.6 is 11.3 Å². The highest BCUT2D eigenvalue weighted by atomic mass is 32.1. The number of pyridine rings is 1. The molecule has 2 saturated carbocycles. The van der Waals surface area contributed by atoms with Gasteiger partial charge < -0.3 is 19.6 Å². The predicted octanol–water partition coefficient (Wildman–Crippen LogP) is 9.37. The Bertz CT molecular complexity index is 3300. The van der Waals surface area contributed by atoms with Crippen LogP contribution in [0.4, 0.5) is 16.6 Å². The SMILES string of the molecule is Cc1c(OC2CC3CC(CCCN4CCN(c5ccc6c(C7CCC(=O)NC7=O)nn(C)c6c5)CC4)CC3C2)cccc1-c1ccc(N2CCc3cccc(C(=O)Nc4nc5ccccc5s4)c3C2)nc1C(=O)O. The van der Waals surface area contributed by atoms with Gasteiger partial charge in [-0.05, 0) is 159 Å². The van der Waals surface area contributed by atoms with E-state index in [2.05, 4.69) is 54.6 Å². The molecule has 0 spiro atoms. The van der Waals surface area contributed by atoms with Crippen molar-refractivity contribution in [3.05, 3.63) is 125 Å². The molecule has 3 aromatic heterocycles. The molecule has 5 aliphatic rings. The second kappa shape index (κ2) is 19.9. The third-order valence-corrected chi connectivity index (χ3v) is 17.6. The number of hydrogen-bond acceptors (Lipinski definition) is 12. The first-order valence-corrected chi connectivity index (χ1v) is 27.1. The fraction of sp³-hybridized carbons (Fsp3) is 0.397. The standard InChI is InChI=1S/C58H61N9O6S/c1-34-41(42-17-19-51(60-54(42)57(71)72)67-23-21-36-9-5-11-43(46(36)33-67)55(69)62-58-59-47-12-3-4-14-50(47)74-58)10-6-13-49(34)73-40-30-37-28-35(29-38(37)31-40)8-7-22-65-24-26-66(27-25-65)39-15-16-44-48(32-39)64(2)63-53(44)45-18-20-52(68)61-56(45)70/h3-6,9-17,19,32,35,37-38,40,45H,7-8,18,20-31,33H2,1-2H3,(H,71,72)(H,59,62,69)(H,61,68,70). The molecule has 3 atom stereocenters. The molecular weight excluding hydrogens is 951 g/mol. The minimum absolute atomic E-state index is 0.0114. The molecule has 3 N–H and O–H groups in total. The maximum atomic E-state index is 13.7. The molecule has 16 heteroatoms. The van der Waals surface area contributed by atoms with Gasteiger partial charge in [-0.3, -0.25) is 34.6 Å². The van der Waals surface area contributed by atoms with Crippen molar-refractivity contribution in [2.75, 3.05) is 54.4 Å². The number of hydrogen-bond donors (Lipinski definition) is 3. The third-order valence-electron chi connectivity index (χ3n) is 16.6. The molecule has 4 aromatic carbocycles. The zero-order valence-electron chi connectivity index (χ0n) is 41.9. The summed E-state index contributed by atoms with van der Waals surface area (Å²) in [5.74, 6) is 1.27. The van der Waals surface area contributed by atoms with E-state index in [-0.39, 0.29) is 29.5 Å². The van der Waals surface area contributed by atoms with E-state index < -0.39 is 11.9 Å². The summed E-state index contributed by atoms with van der Waals surface area (Å²) in [6, 6.07) is 29.7. The Morgan fingerprint density at radius 2 is 1.66 bits per heavy atom. The summed E-state index contributed by atoms with van der Waals surface area (Å²) in [6.07, 6.45) is 8.77. The molecule has 4 fully saturated rings. The van der Waals surface area contributed by atoms with Crippen LogP contribution in [-0.2, 0) is 29.6 Å². The predicted molar refractivity (Wildman–Crippen MR) is 287 cm³/mol. The Hall–Kier alpha value is -7.17. The number of carboxylic acids is 1. The first-order valence-electron chi connectivity index (χ1n) is 26.3. The lowest BCUT2D eigenvalue weighted by Crippen LogP contribution is -2.46. The average Bonchev–Trinajstić information content (AvgIpc) is 4.18. The lowest BCUT2D eigenvalue weighted by Gasteiger charge is -2.36. The molecule has 7 aromatic rings. The van der Waals surface area contributed by atoms with Crippen LogP contribution in [-0.4, -0.2) is 98.8 Å². The van der Waals surface area contributed by atoms with Gasteiger partial charge in [-0.2, -0.15) is 5.10 Å². The van der Waals surface area contributed by atoms with Gasteiger partial charge in [-0.15, -0.1) is 0 Å². The molecule has 12 rings (SSSR count). The number of rotatable bonds is 13. The number of aromatic nitrogens is 4.